The second kappa shape index (κ2) is 66.8. The molecule has 77 heavy (non-hydrogen) atoms. The lowest BCUT2D eigenvalue weighted by atomic mass is 10.0. The Bertz CT molecular complexity index is 1200. The Kier molecular flexibility index (Phi) is 65.4. The van der Waals surface area contributed by atoms with E-state index in [4.69, 9.17) is 4.74 Å². The standard InChI is InChI=1S/C71H137NO5/c1-3-5-7-9-11-13-15-17-19-21-28-33-37-41-45-49-53-57-61-65-71(76)77-66-62-58-54-50-46-42-38-34-30-27-25-23-24-26-29-32-36-40-44-48-52-56-60-64-70(75)72-68(67-73)69(74)63-59-55-51-47-43-39-35-31-22-20-18-16-14-12-10-8-6-4-2/h23,25-26,29,68-69,73-74H,3-22,24,27-28,30-67H2,1-2H3,(H,72,75)/b25-23-,29-26-. The Hall–Kier alpha value is -1.66. The highest BCUT2D eigenvalue weighted by molar-refractivity contribution is 5.76. The predicted molar refractivity (Wildman–Crippen MR) is 338 cm³/mol. The number of aliphatic hydroxyl groups excluding tert-OH is 2. The van der Waals surface area contributed by atoms with E-state index in [1.807, 2.05) is 0 Å². The number of ether oxygens (including phenoxy) is 1. The molecule has 0 bridgehead atoms. The van der Waals surface area contributed by atoms with E-state index >= 15 is 0 Å². The molecule has 0 aromatic rings. The molecule has 0 spiro atoms. The van der Waals surface area contributed by atoms with Crippen LogP contribution in [0.25, 0.3) is 0 Å². The van der Waals surface area contributed by atoms with Gasteiger partial charge in [-0.3, -0.25) is 9.59 Å². The average Bonchev–Trinajstić information content (AvgIpc) is 3.43. The van der Waals surface area contributed by atoms with Gasteiger partial charge in [-0.1, -0.05) is 346 Å². The van der Waals surface area contributed by atoms with Crippen molar-refractivity contribution in [3.05, 3.63) is 24.3 Å². The van der Waals surface area contributed by atoms with Crippen LogP contribution in [0.15, 0.2) is 24.3 Å². The number of allylic oxidation sites excluding steroid dienone is 4. The molecule has 0 saturated carbocycles. The molecule has 2 atom stereocenters. The first-order valence-electron chi connectivity index (χ1n) is 35.1. The molecule has 1 amide bonds. The number of carbonyl (C=O) groups is 2. The zero-order valence-corrected chi connectivity index (χ0v) is 52.2. The SMILES string of the molecule is CCCCCCCCCCCCCCCCCCCCCC(=O)OCCCCCCCCCCC/C=C\C/C=C\CCCCCCCCCC(=O)NC(CO)C(O)CCCCCCCCCCCCCCCCCCCC. The molecule has 0 rings (SSSR count). The highest BCUT2D eigenvalue weighted by Gasteiger charge is 2.20. The van der Waals surface area contributed by atoms with Crippen LogP contribution in [0, 0.1) is 0 Å². The van der Waals surface area contributed by atoms with Crippen LogP contribution >= 0.6 is 0 Å². The monoisotopic (exact) mass is 1080 g/mol. The highest BCUT2D eigenvalue weighted by Crippen LogP contribution is 2.19. The number of hydrogen-bond donors (Lipinski definition) is 3. The van der Waals surface area contributed by atoms with Gasteiger partial charge in [0.15, 0.2) is 0 Å². The Morgan fingerprint density at radius 3 is 0.987 bits per heavy atom. The van der Waals surface area contributed by atoms with Crippen molar-refractivity contribution < 1.29 is 24.5 Å². The minimum atomic E-state index is -0.671. The van der Waals surface area contributed by atoms with Crippen molar-refractivity contribution in [2.24, 2.45) is 0 Å². The summed E-state index contributed by atoms with van der Waals surface area (Å²) in [7, 11) is 0. The third-order valence-corrected chi connectivity index (χ3v) is 16.5. The summed E-state index contributed by atoms with van der Waals surface area (Å²) in [5.74, 6) is -0.0292. The molecule has 0 aliphatic carbocycles. The fourth-order valence-electron chi connectivity index (χ4n) is 11.1. The van der Waals surface area contributed by atoms with E-state index in [1.54, 1.807) is 0 Å². The molecule has 456 valence electrons. The third-order valence-electron chi connectivity index (χ3n) is 16.5. The number of aliphatic hydroxyl groups is 2. The lowest BCUT2D eigenvalue weighted by Gasteiger charge is -2.22. The summed E-state index contributed by atoms with van der Waals surface area (Å²) in [6.45, 7) is 4.99. The molecule has 0 radical (unpaired) electrons. The van der Waals surface area contributed by atoms with E-state index < -0.39 is 12.1 Å². The van der Waals surface area contributed by atoms with Crippen LogP contribution in [-0.4, -0.2) is 47.4 Å². The van der Waals surface area contributed by atoms with Crippen molar-refractivity contribution in [3.8, 4) is 0 Å². The highest BCUT2D eigenvalue weighted by atomic mass is 16.5. The lowest BCUT2D eigenvalue weighted by Crippen LogP contribution is -2.45. The van der Waals surface area contributed by atoms with E-state index in [2.05, 4.69) is 43.5 Å². The molecular weight excluding hydrogens is 947 g/mol. The predicted octanol–water partition coefficient (Wildman–Crippen LogP) is 22.5. The fourth-order valence-corrected chi connectivity index (χ4v) is 11.1. The molecule has 6 heteroatoms. The molecule has 0 aliphatic heterocycles. The van der Waals surface area contributed by atoms with Crippen molar-refractivity contribution >= 4 is 11.9 Å². The summed E-state index contributed by atoms with van der Waals surface area (Å²) in [6.07, 6.45) is 83.6. The topological polar surface area (TPSA) is 95.9 Å². The minimum Gasteiger partial charge on any atom is -0.466 e. The molecule has 2 unspecified atom stereocenters. The second-order valence-corrected chi connectivity index (χ2v) is 24.2. The molecule has 0 saturated heterocycles. The first-order chi connectivity index (χ1) is 38.0. The van der Waals surface area contributed by atoms with Crippen molar-refractivity contribution in [3.63, 3.8) is 0 Å². The second-order valence-electron chi connectivity index (χ2n) is 24.2. The zero-order valence-electron chi connectivity index (χ0n) is 52.2. The average molecular weight is 1080 g/mol. The first-order valence-corrected chi connectivity index (χ1v) is 35.1. The Balaban J connectivity index is 3.42. The number of esters is 1. The number of rotatable bonds is 66. The minimum absolute atomic E-state index is 0.0127. The molecule has 0 fully saturated rings. The number of amides is 1. The van der Waals surface area contributed by atoms with E-state index in [0.717, 1.165) is 44.9 Å². The Morgan fingerprint density at radius 2 is 0.649 bits per heavy atom. The molecule has 3 N–H and O–H groups in total. The van der Waals surface area contributed by atoms with Gasteiger partial charge in [-0.2, -0.15) is 0 Å². The van der Waals surface area contributed by atoms with Gasteiger partial charge < -0.3 is 20.3 Å². The smallest absolute Gasteiger partial charge is 0.305 e. The van der Waals surface area contributed by atoms with Crippen LogP contribution in [0.3, 0.4) is 0 Å². The normalized spacial score (nSPS) is 12.6. The van der Waals surface area contributed by atoms with E-state index in [1.165, 1.54) is 315 Å². The van der Waals surface area contributed by atoms with Gasteiger partial charge in [0, 0.05) is 12.8 Å². The van der Waals surface area contributed by atoms with Crippen LogP contribution in [-0.2, 0) is 14.3 Å². The van der Waals surface area contributed by atoms with Gasteiger partial charge in [0.1, 0.15) is 0 Å². The number of hydrogen-bond acceptors (Lipinski definition) is 5. The summed E-state index contributed by atoms with van der Waals surface area (Å²) in [4.78, 5) is 24.6. The van der Waals surface area contributed by atoms with Crippen LogP contribution in [0.5, 0.6) is 0 Å². The maximum absolute atomic E-state index is 12.5. The van der Waals surface area contributed by atoms with Gasteiger partial charge in [0.2, 0.25) is 5.91 Å². The Labute approximate surface area is 481 Å². The maximum atomic E-state index is 12.5. The molecule has 0 aromatic carbocycles. The quantitative estimate of drug-likeness (QED) is 0.0320. The van der Waals surface area contributed by atoms with E-state index in [0.29, 0.717) is 25.9 Å². The molecule has 0 heterocycles. The number of unbranched alkanes of at least 4 members (excludes halogenated alkanes) is 51. The summed E-state index contributed by atoms with van der Waals surface area (Å²) >= 11 is 0. The van der Waals surface area contributed by atoms with Gasteiger partial charge in [-0.25, -0.2) is 0 Å². The molecule has 6 nitrogen and oxygen atoms in total. The first kappa shape index (κ1) is 75.3. The van der Waals surface area contributed by atoms with E-state index in [9.17, 15) is 19.8 Å². The summed E-state index contributed by atoms with van der Waals surface area (Å²) in [5, 5.41) is 23.4. The summed E-state index contributed by atoms with van der Waals surface area (Å²) in [5.41, 5.74) is 0. The van der Waals surface area contributed by atoms with Crippen molar-refractivity contribution in [2.45, 2.75) is 405 Å². The number of carbonyl (C=O) groups excluding carboxylic acids is 2. The van der Waals surface area contributed by atoms with Gasteiger partial charge in [0.25, 0.3) is 0 Å². The van der Waals surface area contributed by atoms with Gasteiger partial charge in [-0.05, 0) is 57.8 Å². The third kappa shape index (κ3) is 63.4. The van der Waals surface area contributed by atoms with E-state index in [-0.39, 0.29) is 18.5 Å². The molecular formula is C71H137NO5. The van der Waals surface area contributed by atoms with Crippen LogP contribution in [0.2, 0.25) is 0 Å². The van der Waals surface area contributed by atoms with Crippen molar-refractivity contribution in [2.75, 3.05) is 13.2 Å². The van der Waals surface area contributed by atoms with Crippen LogP contribution in [0.1, 0.15) is 393 Å². The number of nitrogens with one attached hydrogen (secondary N) is 1. The van der Waals surface area contributed by atoms with Crippen molar-refractivity contribution in [1.29, 1.82) is 0 Å². The molecule has 0 aromatic heterocycles. The molecule has 0 aliphatic rings. The summed E-state index contributed by atoms with van der Waals surface area (Å²) in [6, 6.07) is -0.550. The lowest BCUT2D eigenvalue weighted by molar-refractivity contribution is -0.143. The van der Waals surface area contributed by atoms with Crippen molar-refractivity contribution in [1.82, 2.24) is 5.32 Å². The maximum Gasteiger partial charge on any atom is 0.305 e. The van der Waals surface area contributed by atoms with Gasteiger partial charge in [-0.15, -0.1) is 0 Å². The Morgan fingerprint density at radius 1 is 0.364 bits per heavy atom. The fraction of sp³-hybridized carbons (Fsp3) is 0.915. The van der Waals surface area contributed by atoms with Crippen LogP contribution < -0.4 is 5.32 Å². The largest absolute Gasteiger partial charge is 0.466 e. The van der Waals surface area contributed by atoms with Gasteiger partial charge in [0.05, 0.1) is 25.4 Å². The van der Waals surface area contributed by atoms with Gasteiger partial charge >= 0.3 is 5.97 Å². The summed E-state index contributed by atoms with van der Waals surface area (Å²) < 4.78 is 5.51. The van der Waals surface area contributed by atoms with Crippen LogP contribution in [0.4, 0.5) is 0 Å². The zero-order chi connectivity index (χ0) is 55.7.